The van der Waals surface area contributed by atoms with E-state index in [9.17, 15) is 10.1 Å². The Hall–Kier alpha value is -2.28. The molecule has 1 aromatic carbocycles. The Morgan fingerprint density at radius 3 is 2.67 bits per heavy atom. The van der Waals surface area contributed by atoms with Crippen LogP contribution in [0, 0.1) is 17.0 Å². The van der Waals surface area contributed by atoms with Crippen LogP contribution in [0.3, 0.4) is 0 Å². The molecule has 0 saturated heterocycles. The van der Waals surface area contributed by atoms with E-state index in [-0.39, 0.29) is 11.7 Å². The Morgan fingerprint density at radius 1 is 1.44 bits per heavy atom. The van der Waals surface area contributed by atoms with E-state index in [0.717, 1.165) is 0 Å². The molecule has 7 heteroatoms. The molecular formula is C11H12N4O3. The number of hydrogen-bond acceptors (Lipinski definition) is 6. The third-order valence-corrected chi connectivity index (χ3v) is 2.48. The van der Waals surface area contributed by atoms with E-state index in [1.165, 1.54) is 12.1 Å². The van der Waals surface area contributed by atoms with Crippen molar-refractivity contribution in [3.8, 4) is 11.5 Å². The van der Waals surface area contributed by atoms with Gasteiger partial charge < -0.3 is 10.2 Å². The van der Waals surface area contributed by atoms with Crippen molar-refractivity contribution < 1.29 is 9.34 Å². The normalized spacial score (nSPS) is 12.4. The first kappa shape index (κ1) is 12.2. The van der Waals surface area contributed by atoms with Gasteiger partial charge in [-0.25, -0.2) is 0 Å². The molecule has 7 nitrogen and oxygen atoms in total. The highest BCUT2D eigenvalue weighted by atomic mass is 16.6. The number of nitro groups is 1. The van der Waals surface area contributed by atoms with E-state index in [2.05, 4.69) is 10.2 Å². The molecule has 0 amide bonds. The van der Waals surface area contributed by atoms with Crippen LogP contribution in [-0.2, 0) is 0 Å². The zero-order chi connectivity index (χ0) is 13.3. The molecule has 2 N–H and O–H groups in total. The van der Waals surface area contributed by atoms with E-state index >= 15 is 0 Å². The van der Waals surface area contributed by atoms with Gasteiger partial charge in [-0.05, 0) is 25.5 Å². The Morgan fingerprint density at radius 2 is 2.17 bits per heavy atom. The van der Waals surface area contributed by atoms with Crippen LogP contribution in [0.1, 0.15) is 24.4 Å². The Labute approximate surface area is 103 Å². The lowest BCUT2D eigenvalue weighted by Gasteiger charge is -2.00. The second kappa shape index (κ2) is 4.53. The predicted molar refractivity (Wildman–Crippen MR) is 63.7 cm³/mol. The lowest BCUT2D eigenvalue weighted by molar-refractivity contribution is -0.384. The second-order valence-electron chi connectivity index (χ2n) is 3.99. The molecule has 0 saturated carbocycles. The minimum Gasteiger partial charge on any atom is -0.419 e. The van der Waals surface area contributed by atoms with E-state index in [4.69, 9.17) is 10.2 Å². The van der Waals surface area contributed by atoms with Crippen molar-refractivity contribution in [3.63, 3.8) is 0 Å². The molecule has 0 aliphatic carbocycles. The fraction of sp³-hybridized carbons (Fsp3) is 0.273. The zero-order valence-corrected chi connectivity index (χ0v) is 9.95. The Bertz CT molecular complexity index is 592. The number of rotatable bonds is 3. The molecule has 94 valence electrons. The second-order valence-corrected chi connectivity index (χ2v) is 3.99. The highest BCUT2D eigenvalue weighted by Crippen LogP contribution is 2.26. The summed E-state index contributed by atoms with van der Waals surface area (Å²) in [7, 11) is 0. The first-order valence-electron chi connectivity index (χ1n) is 5.33. The van der Waals surface area contributed by atoms with Gasteiger partial charge in [0.05, 0.1) is 11.0 Å². The summed E-state index contributed by atoms with van der Waals surface area (Å²) in [5.41, 5.74) is 7.02. The van der Waals surface area contributed by atoms with Gasteiger partial charge in [0.25, 0.3) is 5.69 Å². The third-order valence-electron chi connectivity index (χ3n) is 2.48. The van der Waals surface area contributed by atoms with E-state index < -0.39 is 4.92 Å². The minimum absolute atomic E-state index is 0.0307. The fourth-order valence-corrected chi connectivity index (χ4v) is 1.53. The highest BCUT2D eigenvalue weighted by molar-refractivity contribution is 5.60. The van der Waals surface area contributed by atoms with Gasteiger partial charge in [0.15, 0.2) is 0 Å². The summed E-state index contributed by atoms with van der Waals surface area (Å²) in [6.07, 6.45) is 0. The lowest BCUT2D eigenvalue weighted by Crippen LogP contribution is -2.04. The molecule has 2 aromatic rings. The van der Waals surface area contributed by atoms with Gasteiger partial charge in [0.1, 0.15) is 0 Å². The molecule has 1 atom stereocenters. The van der Waals surface area contributed by atoms with Crippen LogP contribution in [0.5, 0.6) is 0 Å². The maximum absolute atomic E-state index is 10.6. The van der Waals surface area contributed by atoms with Gasteiger partial charge in [-0.3, -0.25) is 10.1 Å². The quantitative estimate of drug-likeness (QED) is 0.657. The largest absolute Gasteiger partial charge is 0.419 e. The molecule has 1 heterocycles. The maximum Gasteiger partial charge on any atom is 0.269 e. The van der Waals surface area contributed by atoms with Crippen molar-refractivity contribution >= 4 is 5.69 Å². The average Bonchev–Trinajstić information content (AvgIpc) is 2.78. The number of nitrogens with two attached hydrogens (primary N) is 1. The van der Waals surface area contributed by atoms with Crippen molar-refractivity contribution in [2.75, 3.05) is 0 Å². The van der Waals surface area contributed by atoms with Crippen molar-refractivity contribution in [1.29, 1.82) is 0 Å². The number of benzene rings is 1. The standard InChI is InChI=1S/C11H12N4O3/c1-6-5-8(15(16)17)3-4-9(6)11-14-13-10(18-11)7(2)12/h3-5,7H,12H2,1-2H3. The van der Waals surface area contributed by atoms with E-state index in [1.807, 2.05) is 0 Å². The van der Waals surface area contributed by atoms with Crippen molar-refractivity contribution in [2.24, 2.45) is 5.73 Å². The molecular weight excluding hydrogens is 236 g/mol. The van der Waals surface area contributed by atoms with Crippen LogP contribution in [0.25, 0.3) is 11.5 Å². The highest BCUT2D eigenvalue weighted by Gasteiger charge is 2.15. The molecule has 0 spiro atoms. The van der Waals surface area contributed by atoms with Crippen LogP contribution in [-0.4, -0.2) is 15.1 Å². The number of aryl methyl sites for hydroxylation is 1. The van der Waals surface area contributed by atoms with Gasteiger partial charge in [-0.1, -0.05) is 0 Å². The number of aromatic nitrogens is 2. The summed E-state index contributed by atoms with van der Waals surface area (Å²) in [4.78, 5) is 10.2. The predicted octanol–water partition coefficient (Wildman–Crippen LogP) is 1.97. The van der Waals surface area contributed by atoms with Crippen LogP contribution >= 0.6 is 0 Å². The monoisotopic (exact) mass is 248 g/mol. The van der Waals surface area contributed by atoms with Crippen molar-refractivity contribution in [2.45, 2.75) is 19.9 Å². The molecule has 0 radical (unpaired) electrons. The van der Waals surface area contributed by atoms with E-state index in [0.29, 0.717) is 22.9 Å². The Kier molecular flexibility index (Phi) is 3.07. The Balaban J connectivity index is 2.41. The number of nitro benzene ring substituents is 1. The van der Waals surface area contributed by atoms with Crippen LogP contribution in [0.15, 0.2) is 22.6 Å². The summed E-state index contributed by atoms with van der Waals surface area (Å²) in [6, 6.07) is 4.11. The van der Waals surface area contributed by atoms with Gasteiger partial charge in [0.2, 0.25) is 11.8 Å². The minimum atomic E-state index is -0.446. The molecule has 2 rings (SSSR count). The van der Waals surface area contributed by atoms with Gasteiger partial charge in [-0.2, -0.15) is 0 Å². The molecule has 1 aromatic heterocycles. The van der Waals surface area contributed by atoms with Crippen molar-refractivity contribution in [1.82, 2.24) is 10.2 Å². The van der Waals surface area contributed by atoms with Crippen molar-refractivity contribution in [3.05, 3.63) is 39.8 Å². The van der Waals surface area contributed by atoms with Gasteiger partial charge >= 0.3 is 0 Å². The summed E-state index contributed by atoms with van der Waals surface area (Å²) in [5, 5.41) is 18.3. The summed E-state index contributed by atoms with van der Waals surface area (Å²) in [6.45, 7) is 3.48. The molecule has 18 heavy (non-hydrogen) atoms. The van der Waals surface area contributed by atoms with E-state index in [1.54, 1.807) is 19.9 Å². The van der Waals surface area contributed by atoms with Gasteiger partial charge in [-0.15, -0.1) is 10.2 Å². The van der Waals surface area contributed by atoms with Gasteiger partial charge in [0, 0.05) is 17.7 Å². The molecule has 1 unspecified atom stereocenters. The van der Waals surface area contributed by atoms with Crippen LogP contribution in [0.4, 0.5) is 5.69 Å². The lowest BCUT2D eigenvalue weighted by atomic mass is 10.1. The molecule has 0 bridgehead atoms. The SMILES string of the molecule is Cc1cc([N+](=O)[O-])ccc1-c1nnc(C(C)N)o1. The van der Waals surface area contributed by atoms with Crippen LogP contribution < -0.4 is 5.73 Å². The average molecular weight is 248 g/mol. The van der Waals surface area contributed by atoms with Crippen LogP contribution in [0.2, 0.25) is 0 Å². The maximum atomic E-state index is 10.6. The molecule has 0 fully saturated rings. The molecule has 0 aliphatic heterocycles. The fourth-order valence-electron chi connectivity index (χ4n) is 1.53. The topological polar surface area (TPSA) is 108 Å². The summed E-state index contributed by atoms with van der Waals surface area (Å²) < 4.78 is 5.40. The number of hydrogen-bond donors (Lipinski definition) is 1. The third kappa shape index (κ3) is 2.21. The number of nitrogens with zero attached hydrogens (tertiary/aromatic N) is 3. The zero-order valence-electron chi connectivity index (χ0n) is 9.95. The smallest absolute Gasteiger partial charge is 0.269 e. The first-order chi connectivity index (χ1) is 8.49. The summed E-state index contributed by atoms with van der Waals surface area (Å²) in [5.74, 6) is 0.650. The summed E-state index contributed by atoms with van der Waals surface area (Å²) >= 11 is 0. The number of non-ortho nitro benzene ring substituents is 1. The first-order valence-corrected chi connectivity index (χ1v) is 5.33. The molecule has 0 aliphatic rings.